The number of hydrogen-bond donors (Lipinski definition) is 2. The number of thiophene rings is 2. The molecule has 4 nitrogen and oxygen atoms in total. The second-order valence-electron chi connectivity index (χ2n) is 9.25. The molecule has 2 heterocycles. The molecule has 0 fully saturated rings. The minimum Gasteiger partial charge on any atom is -0.478 e. The predicted octanol–water partition coefficient (Wildman–Crippen LogP) is 9.15. The summed E-state index contributed by atoms with van der Waals surface area (Å²) in [6, 6.07) is 31.4. The number of fused-ring (bicyclic) bond motifs is 4. The lowest BCUT2D eigenvalue weighted by Gasteiger charge is -2.11. The molecule has 2 aromatic heterocycles. The van der Waals surface area contributed by atoms with E-state index in [1.807, 2.05) is 60.7 Å². The molecule has 0 radical (unpaired) electrons. The molecule has 7 rings (SSSR count). The Morgan fingerprint density at radius 2 is 0.842 bits per heavy atom. The van der Waals surface area contributed by atoms with Crippen molar-refractivity contribution >= 4 is 76.3 Å². The van der Waals surface area contributed by atoms with Crippen molar-refractivity contribution in [3.63, 3.8) is 0 Å². The highest BCUT2D eigenvalue weighted by Crippen LogP contribution is 2.42. The van der Waals surface area contributed by atoms with E-state index in [0.717, 1.165) is 51.5 Å². The molecule has 0 bridgehead atoms. The van der Waals surface area contributed by atoms with Gasteiger partial charge < -0.3 is 10.2 Å². The third-order valence-corrected chi connectivity index (χ3v) is 9.18. The fourth-order valence-corrected chi connectivity index (χ4v) is 7.33. The summed E-state index contributed by atoms with van der Waals surface area (Å²) < 4.78 is 2.04. The molecule has 7 aromatic rings. The van der Waals surface area contributed by atoms with Gasteiger partial charge in [-0.25, -0.2) is 9.59 Å². The van der Waals surface area contributed by atoms with Gasteiger partial charge >= 0.3 is 11.9 Å². The molecule has 0 aliphatic heterocycles. The lowest BCUT2D eigenvalue weighted by atomic mass is 9.95. The number of rotatable bonds is 4. The topological polar surface area (TPSA) is 74.6 Å². The Balaban J connectivity index is 1.44. The summed E-state index contributed by atoms with van der Waals surface area (Å²) in [6.45, 7) is 0. The largest absolute Gasteiger partial charge is 0.478 e. The fourth-order valence-electron chi connectivity index (χ4n) is 5.08. The highest BCUT2D eigenvalue weighted by Gasteiger charge is 2.23. The third kappa shape index (κ3) is 3.65. The van der Waals surface area contributed by atoms with Crippen LogP contribution in [0.4, 0.5) is 0 Å². The molecule has 0 saturated heterocycles. The van der Waals surface area contributed by atoms with Crippen LogP contribution in [0.5, 0.6) is 0 Å². The Bertz CT molecular complexity index is 1840. The SMILES string of the molecule is O=C(O)c1cc(-c2cc3cc4ccccc4cc3s2)c(C(=O)O)cc1-c1cc2cc3ccccc3cc2s1. The fraction of sp³-hybridized carbons (Fsp3) is 0. The van der Waals surface area contributed by atoms with Crippen LogP contribution < -0.4 is 0 Å². The van der Waals surface area contributed by atoms with Crippen LogP contribution in [-0.2, 0) is 0 Å². The van der Waals surface area contributed by atoms with Gasteiger partial charge in [0.25, 0.3) is 0 Å². The molecule has 0 aliphatic rings. The van der Waals surface area contributed by atoms with E-state index in [1.165, 1.54) is 34.8 Å². The van der Waals surface area contributed by atoms with Crippen molar-refractivity contribution in [2.45, 2.75) is 0 Å². The van der Waals surface area contributed by atoms with E-state index in [-0.39, 0.29) is 11.1 Å². The van der Waals surface area contributed by atoms with Crippen molar-refractivity contribution in [2.24, 2.45) is 0 Å². The molecule has 2 N–H and O–H groups in total. The average Bonchev–Trinajstić information content (AvgIpc) is 3.52. The van der Waals surface area contributed by atoms with Crippen LogP contribution in [0.2, 0.25) is 0 Å². The number of carbonyl (C=O) groups is 2. The molecule has 0 saturated carbocycles. The Hall–Kier alpha value is -4.52. The maximum atomic E-state index is 12.5. The number of carboxylic acid groups (broad SMARTS) is 2. The first-order valence-electron chi connectivity index (χ1n) is 11.9. The quantitative estimate of drug-likeness (QED) is 0.238. The molecular weight excluding hydrogens is 512 g/mol. The summed E-state index contributed by atoms with van der Waals surface area (Å²) in [5.74, 6) is -2.18. The minimum absolute atomic E-state index is 0.0868. The van der Waals surface area contributed by atoms with Gasteiger partial charge in [0, 0.05) is 30.3 Å². The number of aromatic carboxylic acids is 2. The van der Waals surface area contributed by atoms with Gasteiger partial charge in [0.05, 0.1) is 11.1 Å². The average molecular weight is 531 g/mol. The first-order valence-corrected chi connectivity index (χ1v) is 13.6. The van der Waals surface area contributed by atoms with Gasteiger partial charge in [-0.3, -0.25) is 0 Å². The van der Waals surface area contributed by atoms with Crippen LogP contribution >= 0.6 is 22.7 Å². The Morgan fingerprint density at radius 3 is 1.21 bits per heavy atom. The lowest BCUT2D eigenvalue weighted by molar-refractivity contribution is 0.0682. The summed E-state index contributed by atoms with van der Waals surface area (Å²) in [5, 5.41) is 26.8. The molecule has 38 heavy (non-hydrogen) atoms. The zero-order valence-corrected chi connectivity index (χ0v) is 21.4. The van der Waals surface area contributed by atoms with Gasteiger partial charge in [-0.2, -0.15) is 0 Å². The van der Waals surface area contributed by atoms with Crippen LogP contribution in [0.25, 0.3) is 62.6 Å². The van der Waals surface area contributed by atoms with Crippen LogP contribution in [0.3, 0.4) is 0 Å². The van der Waals surface area contributed by atoms with Crippen molar-refractivity contribution in [3.8, 4) is 20.9 Å². The predicted molar refractivity (Wildman–Crippen MR) is 157 cm³/mol. The first-order chi connectivity index (χ1) is 18.4. The molecule has 0 spiro atoms. The molecule has 5 aromatic carbocycles. The lowest BCUT2D eigenvalue weighted by Crippen LogP contribution is -2.05. The van der Waals surface area contributed by atoms with E-state index in [4.69, 9.17) is 0 Å². The minimum atomic E-state index is -1.09. The van der Waals surface area contributed by atoms with Gasteiger partial charge in [0.15, 0.2) is 0 Å². The number of hydrogen-bond acceptors (Lipinski definition) is 4. The Labute approximate surface area is 224 Å². The second kappa shape index (κ2) is 8.52. The van der Waals surface area contributed by atoms with Gasteiger partial charge in [-0.1, -0.05) is 48.5 Å². The highest BCUT2D eigenvalue weighted by molar-refractivity contribution is 7.22. The van der Waals surface area contributed by atoms with Gasteiger partial charge in [-0.15, -0.1) is 22.7 Å². The number of benzene rings is 5. The van der Waals surface area contributed by atoms with E-state index >= 15 is 0 Å². The summed E-state index contributed by atoms with van der Waals surface area (Å²) >= 11 is 2.94. The second-order valence-corrected chi connectivity index (χ2v) is 11.4. The zero-order valence-electron chi connectivity index (χ0n) is 19.8. The summed E-state index contributed by atoms with van der Waals surface area (Å²) in [7, 11) is 0. The standard InChI is InChI=1S/C32H18O4S2/c33-31(34)25-16-24(30-14-22-10-18-6-2-4-8-20(18)12-28(22)38-30)26(32(35)36)15-23(25)29-13-21-9-17-5-1-3-7-19(17)11-27(21)37-29/h1-16H,(H,33,34)(H,35,36). The summed E-state index contributed by atoms with van der Waals surface area (Å²) in [4.78, 5) is 26.4. The molecule has 0 aliphatic carbocycles. The van der Waals surface area contributed by atoms with E-state index in [1.54, 1.807) is 0 Å². The van der Waals surface area contributed by atoms with Crippen molar-refractivity contribution in [2.75, 3.05) is 0 Å². The maximum absolute atomic E-state index is 12.5. The Morgan fingerprint density at radius 1 is 0.474 bits per heavy atom. The highest BCUT2D eigenvalue weighted by atomic mass is 32.1. The summed E-state index contributed by atoms with van der Waals surface area (Å²) in [6.07, 6.45) is 0. The third-order valence-electron chi connectivity index (χ3n) is 6.92. The Kier molecular flexibility index (Phi) is 5.08. The van der Waals surface area contributed by atoms with Crippen LogP contribution in [0.15, 0.2) is 97.1 Å². The smallest absolute Gasteiger partial charge is 0.336 e. The maximum Gasteiger partial charge on any atom is 0.336 e. The molecular formula is C32H18O4S2. The molecule has 182 valence electrons. The molecule has 6 heteroatoms. The van der Waals surface area contributed by atoms with Gasteiger partial charge in [0.2, 0.25) is 0 Å². The molecule has 0 unspecified atom stereocenters. The van der Waals surface area contributed by atoms with Crippen LogP contribution in [0, 0.1) is 0 Å². The van der Waals surface area contributed by atoms with E-state index in [0.29, 0.717) is 11.1 Å². The van der Waals surface area contributed by atoms with Crippen molar-refractivity contribution in [3.05, 3.63) is 108 Å². The van der Waals surface area contributed by atoms with Crippen LogP contribution in [-0.4, -0.2) is 22.2 Å². The first kappa shape index (κ1) is 22.7. The summed E-state index contributed by atoms with van der Waals surface area (Å²) in [5.41, 5.74) is 0.999. The van der Waals surface area contributed by atoms with E-state index < -0.39 is 11.9 Å². The van der Waals surface area contributed by atoms with E-state index in [2.05, 4.69) is 24.3 Å². The molecule has 0 amide bonds. The zero-order chi connectivity index (χ0) is 26.0. The number of carboxylic acids is 2. The monoisotopic (exact) mass is 530 g/mol. The van der Waals surface area contributed by atoms with Crippen LogP contribution in [0.1, 0.15) is 20.7 Å². The van der Waals surface area contributed by atoms with E-state index in [9.17, 15) is 19.8 Å². The van der Waals surface area contributed by atoms with Crippen molar-refractivity contribution in [1.82, 2.24) is 0 Å². The van der Waals surface area contributed by atoms with Gasteiger partial charge in [-0.05, 0) is 80.8 Å². The molecule has 0 atom stereocenters. The van der Waals surface area contributed by atoms with Gasteiger partial charge in [0.1, 0.15) is 0 Å². The van der Waals surface area contributed by atoms with Crippen molar-refractivity contribution in [1.29, 1.82) is 0 Å². The van der Waals surface area contributed by atoms with Crippen molar-refractivity contribution < 1.29 is 19.8 Å². The normalized spacial score (nSPS) is 11.6.